The molecule has 0 aliphatic heterocycles. The molecular formula is C35H40Br2K2N2O9. The molecule has 4 atom stereocenters. The van der Waals surface area contributed by atoms with Gasteiger partial charge in [-0.3, -0.25) is 9.59 Å². The molecule has 0 saturated heterocycles. The van der Waals surface area contributed by atoms with Gasteiger partial charge in [-0.1, -0.05) is 86.5 Å². The van der Waals surface area contributed by atoms with Crippen LogP contribution >= 0.6 is 31.9 Å². The van der Waals surface area contributed by atoms with E-state index in [-0.39, 0.29) is 129 Å². The number of carbonyl (C=O) groups excluding carboxylic acids is 4. The van der Waals surface area contributed by atoms with Gasteiger partial charge in [0.25, 0.3) is 6.47 Å². The van der Waals surface area contributed by atoms with Gasteiger partial charge in [0, 0.05) is 8.95 Å². The fourth-order valence-electron chi connectivity index (χ4n) is 6.05. The molecule has 0 aromatic heterocycles. The Labute approximate surface area is 396 Å². The number of nitrogens with two attached hydrogens (primary N) is 1. The summed E-state index contributed by atoms with van der Waals surface area (Å²) in [6.07, 6.45) is 3.48. The molecule has 11 nitrogen and oxygen atoms in total. The first-order chi connectivity index (χ1) is 23.0. The third kappa shape index (κ3) is 14.4. The molecule has 5 rings (SSSR count). The molecule has 2 aliphatic carbocycles. The van der Waals surface area contributed by atoms with E-state index in [9.17, 15) is 14.4 Å². The maximum absolute atomic E-state index is 12.5. The third-order valence-electron chi connectivity index (χ3n) is 8.51. The summed E-state index contributed by atoms with van der Waals surface area (Å²) in [5, 5.41) is 11.2. The Hall–Kier alpha value is -0.507. The maximum Gasteiger partial charge on any atom is 1.00 e. The first-order valence-corrected chi connectivity index (χ1v) is 16.8. The number of ether oxygens (including phenoxy) is 3. The van der Waals surface area contributed by atoms with E-state index >= 15 is 0 Å². The summed E-state index contributed by atoms with van der Waals surface area (Å²) in [6.45, 7) is -0.0277. The number of benzene rings is 3. The van der Waals surface area contributed by atoms with Crippen LogP contribution in [0.3, 0.4) is 0 Å². The summed E-state index contributed by atoms with van der Waals surface area (Å²) >= 11 is 6.84. The number of nitrogens with one attached hydrogen (secondary N) is 1. The molecule has 2 aliphatic rings. The van der Waals surface area contributed by atoms with Crippen LogP contribution in [0.2, 0.25) is 0 Å². The quantitative estimate of drug-likeness (QED) is 0.0767. The van der Waals surface area contributed by atoms with Crippen LogP contribution in [-0.4, -0.2) is 49.8 Å². The van der Waals surface area contributed by atoms with Crippen molar-refractivity contribution in [2.45, 2.75) is 68.0 Å². The second-order valence-electron chi connectivity index (χ2n) is 11.6. The van der Waals surface area contributed by atoms with E-state index in [1.165, 1.54) is 19.8 Å². The molecule has 0 radical (unpaired) electrons. The molecule has 0 unspecified atom stereocenters. The van der Waals surface area contributed by atoms with Crippen molar-refractivity contribution in [2.75, 3.05) is 14.2 Å². The zero-order valence-corrected chi connectivity index (χ0v) is 38.1. The van der Waals surface area contributed by atoms with Gasteiger partial charge in [0.1, 0.15) is 17.7 Å². The van der Waals surface area contributed by atoms with Gasteiger partial charge in [0.15, 0.2) is 0 Å². The van der Waals surface area contributed by atoms with Gasteiger partial charge in [-0.15, -0.1) is 0 Å². The van der Waals surface area contributed by atoms with Crippen molar-refractivity contribution in [3.8, 4) is 0 Å². The number of alkyl carbamates (subject to hydrolysis) is 1. The molecule has 3 aromatic carbocycles. The Balaban J connectivity index is 0.000000901. The molecule has 0 spiro atoms. The fourth-order valence-corrected chi connectivity index (χ4v) is 6.58. The van der Waals surface area contributed by atoms with E-state index < -0.39 is 23.1 Å². The van der Waals surface area contributed by atoms with E-state index in [0.717, 1.165) is 32.9 Å². The van der Waals surface area contributed by atoms with Gasteiger partial charge in [-0.25, -0.2) is 9.59 Å². The van der Waals surface area contributed by atoms with Crippen LogP contribution < -0.4 is 119 Å². The summed E-state index contributed by atoms with van der Waals surface area (Å²) in [4.78, 5) is 47.7. The molecule has 1 amide bonds. The average molecular weight is 871 g/mol. The van der Waals surface area contributed by atoms with E-state index in [1.807, 2.05) is 66.7 Å². The largest absolute Gasteiger partial charge is 1.00 e. The predicted octanol–water partition coefficient (Wildman–Crippen LogP) is -0.303. The summed E-state index contributed by atoms with van der Waals surface area (Å²) in [5.41, 5.74) is 7.50. The van der Waals surface area contributed by atoms with Crippen LogP contribution in [0.4, 0.5) is 4.79 Å². The average Bonchev–Trinajstić information content (AvgIpc) is 3.73. The Morgan fingerprint density at radius 2 is 1.32 bits per heavy atom. The van der Waals surface area contributed by atoms with Crippen LogP contribution in [0.1, 0.15) is 68.5 Å². The molecular weight excluding hydrogens is 830 g/mol. The number of hydrogen-bond donors (Lipinski definition) is 2. The van der Waals surface area contributed by atoms with Crippen LogP contribution in [0.25, 0.3) is 0 Å². The van der Waals surface area contributed by atoms with Crippen molar-refractivity contribution < 1.29 is 148 Å². The standard InChI is InChI=1S/C21H22BrNO4.C13H16BrNO2.CH2O3.2K.H/c1-26-19(24)21(23-20(25)27-14-15-5-3-2-4-6-15)12-11-17(13-21)16-7-9-18(22)10-8-16;1-17-12(16)13(15)7-6-10(8-13)9-2-4-11(14)5-3-9;2-1-4-3;;;/h2-10,17H,11-14H2,1H3,(H,23,25);2-5,10H,6-8,15H2,1H3;1,3H;;;/q;;;2*+1;-1/p-1/t17-,21-;10-,13-;;;;/m11..../s1. The number of amides is 1. The molecule has 2 fully saturated rings. The molecule has 50 heavy (non-hydrogen) atoms. The maximum atomic E-state index is 12.5. The van der Waals surface area contributed by atoms with Gasteiger partial charge >= 0.3 is 121 Å². The second-order valence-corrected chi connectivity index (χ2v) is 13.4. The summed E-state index contributed by atoms with van der Waals surface area (Å²) in [6, 6.07) is 25.7. The molecule has 0 heterocycles. The van der Waals surface area contributed by atoms with Gasteiger partial charge in [-0.2, -0.15) is 0 Å². The minimum absolute atomic E-state index is 0. The van der Waals surface area contributed by atoms with E-state index in [4.69, 9.17) is 30.0 Å². The summed E-state index contributed by atoms with van der Waals surface area (Å²) < 4.78 is 17.1. The zero-order chi connectivity index (χ0) is 35.2. The number of halogens is 2. The fraction of sp³-hybridized carbons (Fsp3) is 0.371. The predicted molar refractivity (Wildman–Crippen MR) is 183 cm³/mol. The van der Waals surface area contributed by atoms with Crippen molar-refractivity contribution in [3.05, 3.63) is 104 Å². The van der Waals surface area contributed by atoms with Crippen LogP contribution in [0.15, 0.2) is 87.8 Å². The Morgan fingerprint density at radius 3 is 1.80 bits per heavy atom. The first kappa shape index (κ1) is 47.5. The van der Waals surface area contributed by atoms with Gasteiger partial charge < -0.3 is 36.8 Å². The van der Waals surface area contributed by atoms with Crippen molar-refractivity contribution in [1.82, 2.24) is 5.32 Å². The molecule has 3 N–H and O–H groups in total. The minimum Gasteiger partial charge on any atom is -1.00 e. The Morgan fingerprint density at radius 1 is 0.840 bits per heavy atom. The van der Waals surface area contributed by atoms with Crippen molar-refractivity contribution in [1.29, 1.82) is 0 Å². The monoisotopic (exact) mass is 868 g/mol. The second kappa shape index (κ2) is 24.0. The zero-order valence-electron chi connectivity index (χ0n) is 29.7. The number of methoxy groups -OCH3 is 2. The van der Waals surface area contributed by atoms with Gasteiger partial charge in [0.2, 0.25) is 0 Å². The van der Waals surface area contributed by atoms with Crippen LogP contribution in [0.5, 0.6) is 0 Å². The van der Waals surface area contributed by atoms with Crippen LogP contribution in [0, 0.1) is 0 Å². The van der Waals surface area contributed by atoms with E-state index in [0.29, 0.717) is 31.6 Å². The van der Waals surface area contributed by atoms with Crippen LogP contribution in [-0.2, 0) is 40.1 Å². The van der Waals surface area contributed by atoms with Crippen molar-refractivity contribution in [2.24, 2.45) is 5.73 Å². The van der Waals surface area contributed by atoms with E-state index in [1.54, 1.807) is 0 Å². The smallest absolute Gasteiger partial charge is 1.00 e. The SMILES string of the molecule is COC(=O)[C@@]1(N)CC[C@@H](c2ccc(Br)cc2)C1.COC(=O)[C@@]1(NC(=O)OCc2ccccc2)CC[C@@H](c2ccc(Br)cc2)C1.O=CO[O-].[H-].[K+].[K+]. The number of carbonyl (C=O) groups is 4. The normalized spacial score (nSPS) is 21.6. The third-order valence-corrected chi connectivity index (χ3v) is 9.57. The molecule has 15 heteroatoms. The summed E-state index contributed by atoms with van der Waals surface area (Å²) in [5.74, 6) is -0.199. The van der Waals surface area contributed by atoms with Gasteiger partial charge in [-0.05, 0) is 91.3 Å². The topological polar surface area (TPSA) is 166 Å². The number of rotatable bonds is 8. The molecule has 2 saturated carbocycles. The summed E-state index contributed by atoms with van der Waals surface area (Å²) in [7, 11) is 2.73. The van der Waals surface area contributed by atoms with Gasteiger partial charge in [0.05, 0.1) is 14.2 Å². The minimum atomic E-state index is -1.06. The van der Waals surface area contributed by atoms with Crippen molar-refractivity contribution in [3.63, 3.8) is 0 Å². The van der Waals surface area contributed by atoms with Crippen molar-refractivity contribution >= 4 is 56.4 Å². The molecule has 3 aromatic rings. The Kier molecular flexibility index (Phi) is 22.8. The molecule has 260 valence electrons. The Bertz CT molecular complexity index is 1510. The number of esters is 2. The van der Waals surface area contributed by atoms with E-state index in [2.05, 4.69) is 54.2 Å². The first-order valence-electron chi connectivity index (χ1n) is 15.2. The number of hydrogen-bond acceptors (Lipinski definition) is 10. The molecule has 0 bridgehead atoms.